The minimum absolute atomic E-state index is 0.0527. The summed E-state index contributed by atoms with van der Waals surface area (Å²) in [5.41, 5.74) is 0. The van der Waals surface area contributed by atoms with Gasteiger partial charge in [-0.2, -0.15) is 0 Å². The number of thiophene rings is 1. The van der Waals surface area contributed by atoms with Crippen LogP contribution in [0.4, 0.5) is 0 Å². The van der Waals surface area contributed by atoms with Crippen molar-refractivity contribution in [2.45, 2.75) is 38.6 Å². The molecule has 0 aromatic carbocycles. The summed E-state index contributed by atoms with van der Waals surface area (Å²) in [6, 6.07) is 4.16. The molecule has 1 aliphatic heterocycles. The number of carbonyl (C=O) groups excluding carboxylic acids is 1. The first-order chi connectivity index (χ1) is 8.77. The van der Waals surface area contributed by atoms with E-state index in [4.69, 9.17) is 0 Å². The summed E-state index contributed by atoms with van der Waals surface area (Å²) in [4.78, 5) is 15.5. The average molecular weight is 266 g/mol. The van der Waals surface area contributed by atoms with Gasteiger partial charge in [0.1, 0.15) is 0 Å². The maximum absolute atomic E-state index is 12.2. The van der Waals surface area contributed by atoms with Crippen molar-refractivity contribution in [3.8, 4) is 0 Å². The van der Waals surface area contributed by atoms with Crippen LogP contribution in [-0.2, 0) is 11.2 Å². The molecule has 1 saturated heterocycles. The van der Waals surface area contributed by atoms with E-state index in [9.17, 15) is 4.79 Å². The van der Waals surface area contributed by atoms with Crippen LogP contribution in [0.5, 0.6) is 0 Å². The van der Waals surface area contributed by atoms with Crippen LogP contribution in [0.25, 0.3) is 0 Å². The summed E-state index contributed by atoms with van der Waals surface area (Å²) in [5.74, 6) is 0.265. The highest BCUT2D eigenvalue weighted by molar-refractivity contribution is 7.09. The maximum Gasteiger partial charge on any atom is 0.239 e. The zero-order valence-electron chi connectivity index (χ0n) is 11.0. The molecule has 1 atom stereocenters. The fourth-order valence-electron chi connectivity index (χ4n) is 2.34. The highest BCUT2D eigenvalue weighted by atomic mass is 32.1. The largest absolute Gasteiger partial charge is 0.341 e. The number of carbonyl (C=O) groups is 1. The van der Waals surface area contributed by atoms with Crippen LogP contribution in [-0.4, -0.2) is 36.5 Å². The van der Waals surface area contributed by atoms with E-state index in [0.717, 1.165) is 38.9 Å². The molecule has 1 fully saturated rings. The number of nitrogens with zero attached hydrogens (tertiary/aromatic N) is 1. The van der Waals surface area contributed by atoms with Crippen molar-refractivity contribution in [2.24, 2.45) is 0 Å². The number of hydrogen-bond acceptors (Lipinski definition) is 3. The fraction of sp³-hybridized carbons (Fsp3) is 0.643. The highest BCUT2D eigenvalue weighted by Crippen LogP contribution is 2.11. The van der Waals surface area contributed by atoms with Crippen molar-refractivity contribution in [1.82, 2.24) is 10.2 Å². The summed E-state index contributed by atoms with van der Waals surface area (Å²) in [6.07, 6.45) is 4.60. The van der Waals surface area contributed by atoms with Crippen LogP contribution in [0.2, 0.25) is 0 Å². The second-order valence-corrected chi connectivity index (χ2v) is 5.92. The van der Waals surface area contributed by atoms with E-state index in [2.05, 4.69) is 22.8 Å². The third-order valence-electron chi connectivity index (χ3n) is 3.44. The molecule has 0 saturated carbocycles. The first kappa shape index (κ1) is 13.6. The Labute approximate surface area is 113 Å². The summed E-state index contributed by atoms with van der Waals surface area (Å²) >= 11 is 1.78. The summed E-state index contributed by atoms with van der Waals surface area (Å²) in [5, 5.41) is 5.43. The highest BCUT2D eigenvalue weighted by Gasteiger charge is 2.21. The molecule has 0 radical (unpaired) electrons. The number of likely N-dealkylation sites (tertiary alicyclic amines) is 1. The molecule has 1 aromatic heterocycles. The third-order valence-corrected chi connectivity index (χ3v) is 4.38. The summed E-state index contributed by atoms with van der Waals surface area (Å²) < 4.78 is 0. The predicted molar refractivity (Wildman–Crippen MR) is 75.9 cm³/mol. The minimum Gasteiger partial charge on any atom is -0.341 e. The average Bonchev–Trinajstić information content (AvgIpc) is 2.92. The molecule has 1 unspecified atom stereocenters. The Morgan fingerprint density at radius 2 is 2.22 bits per heavy atom. The molecule has 2 heterocycles. The lowest BCUT2D eigenvalue weighted by molar-refractivity contribution is -0.133. The third kappa shape index (κ3) is 3.82. The van der Waals surface area contributed by atoms with Gasteiger partial charge in [0.05, 0.1) is 6.04 Å². The number of nitrogens with one attached hydrogen (secondary N) is 1. The lowest BCUT2D eigenvalue weighted by Crippen LogP contribution is -2.47. The lowest BCUT2D eigenvalue weighted by Gasteiger charge is -2.29. The molecule has 3 nitrogen and oxygen atoms in total. The van der Waals surface area contributed by atoms with Gasteiger partial charge in [-0.05, 0) is 44.1 Å². The summed E-state index contributed by atoms with van der Waals surface area (Å²) in [7, 11) is 0. The SMILES string of the molecule is CC(NCCc1cccs1)C(=O)N1CCCCC1. The maximum atomic E-state index is 12.2. The Morgan fingerprint density at radius 3 is 2.89 bits per heavy atom. The van der Waals surface area contributed by atoms with Gasteiger partial charge in [-0.1, -0.05) is 6.07 Å². The van der Waals surface area contributed by atoms with Crippen LogP contribution in [0.3, 0.4) is 0 Å². The van der Waals surface area contributed by atoms with Gasteiger partial charge in [-0.25, -0.2) is 0 Å². The van der Waals surface area contributed by atoms with Gasteiger partial charge in [0.25, 0.3) is 0 Å². The van der Waals surface area contributed by atoms with Crippen LogP contribution < -0.4 is 5.32 Å². The second-order valence-electron chi connectivity index (χ2n) is 4.89. The summed E-state index contributed by atoms with van der Waals surface area (Å²) in [6.45, 7) is 4.73. The van der Waals surface area contributed by atoms with Gasteiger partial charge in [0.2, 0.25) is 5.91 Å². The van der Waals surface area contributed by atoms with Crippen LogP contribution in [0.15, 0.2) is 17.5 Å². The normalized spacial score (nSPS) is 17.7. The van der Waals surface area contributed by atoms with Crippen molar-refractivity contribution < 1.29 is 4.79 Å². The van der Waals surface area contributed by atoms with E-state index < -0.39 is 0 Å². The Kier molecular flexibility index (Phi) is 5.20. The molecule has 18 heavy (non-hydrogen) atoms. The molecule has 0 spiro atoms. The van der Waals surface area contributed by atoms with Gasteiger partial charge < -0.3 is 10.2 Å². The van der Waals surface area contributed by atoms with Crippen molar-refractivity contribution in [1.29, 1.82) is 0 Å². The first-order valence-electron chi connectivity index (χ1n) is 6.82. The minimum atomic E-state index is -0.0527. The smallest absolute Gasteiger partial charge is 0.239 e. The Hall–Kier alpha value is -0.870. The van der Waals surface area contributed by atoms with Gasteiger partial charge in [-0.3, -0.25) is 4.79 Å². The Bertz CT molecular complexity index is 358. The molecule has 4 heteroatoms. The molecule has 1 amide bonds. The molecule has 100 valence electrons. The quantitative estimate of drug-likeness (QED) is 0.887. The van der Waals surface area contributed by atoms with Crippen molar-refractivity contribution >= 4 is 17.2 Å². The predicted octanol–water partition coefficient (Wildman–Crippen LogP) is 2.28. The topological polar surface area (TPSA) is 32.3 Å². The van der Waals surface area contributed by atoms with Crippen molar-refractivity contribution in [3.05, 3.63) is 22.4 Å². The van der Waals surface area contributed by atoms with E-state index in [0.29, 0.717) is 0 Å². The van der Waals surface area contributed by atoms with Crippen LogP contribution >= 0.6 is 11.3 Å². The van der Waals surface area contributed by atoms with Crippen molar-refractivity contribution in [3.63, 3.8) is 0 Å². The molecular formula is C14H22N2OS. The number of amides is 1. The lowest BCUT2D eigenvalue weighted by atomic mass is 10.1. The number of piperidine rings is 1. The Morgan fingerprint density at radius 1 is 1.44 bits per heavy atom. The molecule has 0 bridgehead atoms. The van der Waals surface area contributed by atoms with Crippen molar-refractivity contribution in [2.75, 3.05) is 19.6 Å². The second kappa shape index (κ2) is 6.90. The van der Waals surface area contributed by atoms with E-state index in [1.54, 1.807) is 11.3 Å². The molecule has 1 aliphatic rings. The monoisotopic (exact) mass is 266 g/mol. The van der Waals surface area contributed by atoms with Gasteiger partial charge in [0.15, 0.2) is 0 Å². The van der Waals surface area contributed by atoms with Crippen LogP contribution in [0, 0.1) is 0 Å². The first-order valence-corrected chi connectivity index (χ1v) is 7.70. The number of rotatable bonds is 5. The van der Waals surface area contributed by atoms with Gasteiger partial charge >= 0.3 is 0 Å². The number of hydrogen-bond donors (Lipinski definition) is 1. The van der Waals surface area contributed by atoms with E-state index in [1.165, 1.54) is 11.3 Å². The molecule has 1 N–H and O–H groups in total. The zero-order valence-corrected chi connectivity index (χ0v) is 11.8. The van der Waals surface area contributed by atoms with Crippen LogP contribution in [0.1, 0.15) is 31.1 Å². The Balaban J connectivity index is 1.70. The van der Waals surface area contributed by atoms with Gasteiger partial charge in [-0.15, -0.1) is 11.3 Å². The standard InChI is InChI=1S/C14H22N2OS/c1-12(14(17)16-9-3-2-4-10-16)15-8-7-13-6-5-11-18-13/h5-6,11-12,15H,2-4,7-10H2,1H3. The van der Waals surface area contributed by atoms with E-state index in [1.807, 2.05) is 11.8 Å². The molecule has 1 aromatic rings. The van der Waals surface area contributed by atoms with E-state index >= 15 is 0 Å². The zero-order chi connectivity index (χ0) is 12.8. The molecule has 0 aliphatic carbocycles. The molecular weight excluding hydrogens is 244 g/mol. The van der Waals surface area contributed by atoms with Gasteiger partial charge in [0, 0.05) is 24.5 Å². The molecule has 2 rings (SSSR count). The van der Waals surface area contributed by atoms with E-state index in [-0.39, 0.29) is 11.9 Å². The fourth-order valence-corrected chi connectivity index (χ4v) is 3.05.